The van der Waals surface area contributed by atoms with Crippen LogP contribution in [-0.2, 0) is 11.2 Å². The van der Waals surface area contributed by atoms with Crippen molar-refractivity contribution >= 4 is 28.8 Å². The summed E-state index contributed by atoms with van der Waals surface area (Å²) in [5, 5.41) is 3.92. The number of benzene rings is 2. The molecule has 0 radical (unpaired) electrons. The van der Waals surface area contributed by atoms with E-state index in [1.54, 1.807) is 12.1 Å². The summed E-state index contributed by atoms with van der Waals surface area (Å²) in [4.78, 5) is 26.2. The first-order chi connectivity index (χ1) is 14.2. The highest BCUT2D eigenvalue weighted by Gasteiger charge is 2.13. The molecule has 0 saturated carbocycles. The molecule has 4 aromatic rings. The van der Waals surface area contributed by atoms with Gasteiger partial charge < -0.3 is 19.5 Å². The summed E-state index contributed by atoms with van der Waals surface area (Å²) in [6.45, 7) is 4.00. The topological polar surface area (TPSA) is 75.1 Å². The molecule has 2 aromatic heterocycles. The summed E-state index contributed by atoms with van der Waals surface area (Å²) in [6.07, 6.45) is 3.89. The van der Waals surface area contributed by atoms with Crippen LogP contribution in [0.4, 0.5) is 5.69 Å². The Bertz CT molecular complexity index is 1110. The Morgan fingerprint density at radius 1 is 1.07 bits per heavy atom. The number of aldehydes is 1. The van der Waals surface area contributed by atoms with Gasteiger partial charge in [-0.1, -0.05) is 26.0 Å². The fourth-order valence-electron chi connectivity index (χ4n) is 3.04. The molecule has 0 aliphatic carbocycles. The third kappa shape index (κ3) is 4.82. The number of anilines is 1. The predicted octanol–water partition coefficient (Wildman–Crippen LogP) is 5.84. The maximum absolute atomic E-state index is 12.5. The fourth-order valence-corrected chi connectivity index (χ4v) is 3.04. The zero-order chi connectivity index (χ0) is 20.6. The number of fused-ring (bicyclic) bond motifs is 1. The molecule has 0 spiro atoms. The molecular formula is C24H24N2O3. The number of amides is 1. The van der Waals surface area contributed by atoms with Gasteiger partial charge in [0.15, 0.2) is 5.76 Å². The highest BCUT2D eigenvalue weighted by atomic mass is 16.3. The number of hydrogen-bond donors (Lipinski definition) is 2. The van der Waals surface area contributed by atoms with E-state index in [4.69, 9.17) is 4.42 Å². The first-order valence-electron chi connectivity index (χ1n) is 9.74. The number of furan rings is 1. The van der Waals surface area contributed by atoms with Crippen molar-refractivity contribution in [3.05, 3.63) is 78.2 Å². The van der Waals surface area contributed by atoms with Crippen LogP contribution in [0.3, 0.4) is 0 Å². The predicted molar refractivity (Wildman–Crippen MR) is 116 cm³/mol. The van der Waals surface area contributed by atoms with Crippen molar-refractivity contribution < 1.29 is 14.0 Å². The van der Waals surface area contributed by atoms with E-state index < -0.39 is 0 Å². The molecule has 4 rings (SSSR count). The molecule has 0 unspecified atom stereocenters. The SMILES string of the molecule is CC.O=CCCc1cccc(NC(=O)c2ccc(-c3ccc4[nH]ccc4c3)o2)c1. The Hall–Kier alpha value is -3.60. The molecule has 0 fully saturated rings. The molecule has 0 aliphatic heterocycles. The molecule has 2 N–H and O–H groups in total. The van der Waals surface area contributed by atoms with Gasteiger partial charge in [-0.05, 0) is 60.5 Å². The summed E-state index contributed by atoms with van der Waals surface area (Å²) in [7, 11) is 0. The molecule has 29 heavy (non-hydrogen) atoms. The third-order valence-electron chi connectivity index (χ3n) is 4.40. The standard InChI is InChI=1S/C22H18N2O3.C2H6/c25-12-2-4-15-3-1-5-18(13-15)24-22(26)21-9-8-20(27-21)17-6-7-19-16(14-17)10-11-23-19;1-2/h1,3,5-14,23H,2,4H2,(H,24,26);1-2H3. The summed E-state index contributed by atoms with van der Waals surface area (Å²) in [5.41, 5.74) is 3.64. The van der Waals surface area contributed by atoms with Crippen LogP contribution in [-0.4, -0.2) is 17.2 Å². The van der Waals surface area contributed by atoms with E-state index in [0.717, 1.165) is 28.3 Å². The smallest absolute Gasteiger partial charge is 0.291 e. The van der Waals surface area contributed by atoms with E-state index in [-0.39, 0.29) is 11.7 Å². The first kappa shape index (κ1) is 20.1. The van der Waals surface area contributed by atoms with Crippen LogP contribution in [0.2, 0.25) is 0 Å². The molecule has 2 aromatic carbocycles. The molecule has 148 valence electrons. The monoisotopic (exact) mass is 388 g/mol. The summed E-state index contributed by atoms with van der Waals surface area (Å²) < 4.78 is 5.76. The van der Waals surface area contributed by atoms with E-state index in [0.29, 0.717) is 24.3 Å². The lowest BCUT2D eigenvalue weighted by Crippen LogP contribution is -2.11. The van der Waals surface area contributed by atoms with Crippen LogP contribution in [0.25, 0.3) is 22.2 Å². The number of H-pyrrole nitrogens is 1. The van der Waals surface area contributed by atoms with E-state index in [1.165, 1.54) is 0 Å². The van der Waals surface area contributed by atoms with E-state index in [9.17, 15) is 9.59 Å². The van der Waals surface area contributed by atoms with Gasteiger partial charge in [0, 0.05) is 34.8 Å². The quantitative estimate of drug-likeness (QED) is 0.408. The highest BCUT2D eigenvalue weighted by Crippen LogP contribution is 2.26. The van der Waals surface area contributed by atoms with E-state index >= 15 is 0 Å². The molecule has 5 nitrogen and oxygen atoms in total. The van der Waals surface area contributed by atoms with Crippen molar-refractivity contribution in [1.29, 1.82) is 0 Å². The number of rotatable bonds is 6. The maximum atomic E-state index is 12.5. The number of hydrogen-bond acceptors (Lipinski definition) is 3. The minimum absolute atomic E-state index is 0.248. The minimum Gasteiger partial charge on any atom is -0.451 e. The van der Waals surface area contributed by atoms with Crippen LogP contribution in [0.1, 0.15) is 36.4 Å². The number of nitrogens with one attached hydrogen (secondary N) is 2. The van der Waals surface area contributed by atoms with Gasteiger partial charge in [0.25, 0.3) is 5.91 Å². The van der Waals surface area contributed by atoms with Gasteiger partial charge in [-0.3, -0.25) is 4.79 Å². The molecule has 5 heteroatoms. The number of aromatic amines is 1. The van der Waals surface area contributed by atoms with Gasteiger partial charge in [0.2, 0.25) is 0 Å². The minimum atomic E-state index is -0.309. The molecule has 0 aliphatic rings. The maximum Gasteiger partial charge on any atom is 0.291 e. The second kappa shape index (κ2) is 9.55. The molecular weight excluding hydrogens is 364 g/mol. The largest absolute Gasteiger partial charge is 0.451 e. The Morgan fingerprint density at radius 3 is 2.76 bits per heavy atom. The van der Waals surface area contributed by atoms with Gasteiger partial charge in [0.1, 0.15) is 12.0 Å². The van der Waals surface area contributed by atoms with Crippen LogP contribution >= 0.6 is 0 Å². The van der Waals surface area contributed by atoms with E-state index in [1.807, 2.05) is 68.6 Å². The van der Waals surface area contributed by atoms with Gasteiger partial charge in [-0.15, -0.1) is 0 Å². The molecule has 0 saturated heterocycles. The Labute approximate surface area is 169 Å². The molecule has 0 atom stereocenters. The van der Waals surface area contributed by atoms with Crippen LogP contribution in [0, 0.1) is 0 Å². The average Bonchev–Trinajstić information content (AvgIpc) is 3.43. The molecule has 2 heterocycles. The van der Waals surface area contributed by atoms with Crippen molar-refractivity contribution in [1.82, 2.24) is 4.98 Å². The second-order valence-electron chi connectivity index (χ2n) is 6.30. The summed E-state index contributed by atoms with van der Waals surface area (Å²) in [5.74, 6) is 0.581. The zero-order valence-corrected chi connectivity index (χ0v) is 16.6. The van der Waals surface area contributed by atoms with Crippen molar-refractivity contribution in [3.8, 4) is 11.3 Å². The van der Waals surface area contributed by atoms with Crippen molar-refractivity contribution in [2.75, 3.05) is 5.32 Å². The lowest BCUT2D eigenvalue weighted by Gasteiger charge is -2.05. The second-order valence-corrected chi connectivity index (χ2v) is 6.30. The van der Waals surface area contributed by atoms with Crippen molar-refractivity contribution in [2.45, 2.75) is 26.7 Å². The Morgan fingerprint density at radius 2 is 1.93 bits per heavy atom. The van der Waals surface area contributed by atoms with Crippen molar-refractivity contribution in [2.24, 2.45) is 0 Å². The lowest BCUT2D eigenvalue weighted by molar-refractivity contribution is -0.107. The highest BCUT2D eigenvalue weighted by molar-refractivity contribution is 6.02. The van der Waals surface area contributed by atoms with Crippen molar-refractivity contribution in [3.63, 3.8) is 0 Å². The number of carbonyl (C=O) groups is 2. The van der Waals surface area contributed by atoms with Gasteiger partial charge in [-0.2, -0.15) is 0 Å². The Kier molecular flexibility index (Phi) is 6.63. The first-order valence-corrected chi connectivity index (χ1v) is 9.74. The fraction of sp³-hybridized carbons (Fsp3) is 0.167. The third-order valence-corrected chi connectivity index (χ3v) is 4.40. The number of aryl methyl sites for hydroxylation is 1. The summed E-state index contributed by atoms with van der Waals surface area (Å²) in [6, 6.07) is 18.9. The van der Waals surface area contributed by atoms with Gasteiger partial charge in [0.05, 0.1) is 0 Å². The van der Waals surface area contributed by atoms with Crippen LogP contribution < -0.4 is 5.32 Å². The van der Waals surface area contributed by atoms with Crippen LogP contribution in [0.5, 0.6) is 0 Å². The number of aromatic nitrogens is 1. The molecule has 1 amide bonds. The Balaban J connectivity index is 0.00000117. The van der Waals surface area contributed by atoms with Gasteiger partial charge >= 0.3 is 0 Å². The average molecular weight is 388 g/mol. The molecule has 0 bridgehead atoms. The van der Waals surface area contributed by atoms with Gasteiger partial charge in [-0.25, -0.2) is 0 Å². The summed E-state index contributed by atoms with van der Waals surface area (Å²) >= 11 is 0. The lowest BCUT2D eigenvalue weighted by atomic mass is 10.1. The normalized spacial score (nSPS) is 10.3. The van der Waals surface area contributed by atoms with E-state index in [2.05, 4.69) is 10.3 Å². The number of carbonyl (C=O) groups excluding carboxylic acids is 2. The van der Waals surface area contributed by atoms with Crippen LogP contribution in [0.15, 0.2) is 71.3 Å². The zero-order valence-electron chi connectivity index (χ0n) is 16.6.